The molecule has 0 saturated carbocycles. The van der Waals surface area contributed by atoms with Gasteiger partial charge in [-0.25, -0.2) is 4.68 Å². The van der Waals surface area contributed by atoms with Crippen molar-refractivity contribution in [3.63, 3.8) is 0 Å². The maximum absolute atomic E-state index is 10.7. The van der Waals surface area contributed by atoms with Crippen LogP contribution in [0, 0.1) is 16.0 Å². The Morgan fingerprint density at radius 1 is 1.38 bits per heavy atom. The third kappa shape index (κ3) is 2.49. The summed E-state index contributed by atoms with van der Waals surface area (Å²) in [6.45, 7) is 5.28. The molecule has 0 radical (unpaired) electrons. The van der Waals surface area contributed by atoms with Gasteiger partial charge >= 0.3 is 0 Å². The van der Waals surface area contributed by atoms with Gasteiger partial charge in [0.2, 0.25) is 0 Å². The molecule has 2 heterocycles. The summed E-state index contributed by atoms with van der Waals surface area (Å²) in [4.78, 5) is 10.3. The largest absolute Gasteiger partial charge is 0.369 e. The van der Waals surface area contributed by atoms with Crippen molar-refractivity contribution >= 4 is 11.5 Å². The lowest BCUT2D eigenvalue weighted by Crippen LogP contribution is -2.06. The van der Waals surface area contributed by atoms with Gasteiger partial charge in [-0.2, -0.15) is 5.10 Å². The number of nitro benzene ring substituents is 1. The van der Waals surface area contributed by atoms with E-state index in [0.717, 1.165) is 36.6 Å². The predicted octanol–water partition coefficient (Wildman–Crippen LogP) is 2.95. The fourth-order valence-electron chi connectivity index (χ4n) is 2.70. The first-order chi connectivity index (χ1) is 10.1. The molecule has 3 rings (SSSR count). The fraction of sp³-hybridized carbons (Fsp3) is 0.400. The van der Waals surface area contributed by atoms with Crippen molar-refractivity contribution in [3.05, 3.63) is 45.6 Å². The molecule has 0 aliphatic carbocycles. The minimum absolute atomic E-state index is 0.0953. The maximum Gasteiger partial charge on any atom is 0.269 e. The number of nitrogens with zero attached hydrogens (tertiary/aromatic N) is 3. The molecular weight excluding hydrogens is 268 g/mol. The van der Waals surface area contributed by atoms with Crippen molar-refractivity contribution < 1.29 is 4.92 Å². The average molecular weight is 286 g/mol. The first-order valence-corrected chi connectivity index (χ1v) is 7.15. The van der Waals surface area contributed by atoms with Gasteiger partial charge in [0, 0.05) is 24.2 Å². The third-order valence-electron chi connectivity index (χ3n) is 3.64. The molecular formula is C15H18N4O2. The summed E-state index contributed by atoms with van der Waals surface area (Å²) in [5.74, 6) is 1.58. The van der Waals surface area contributed by atoms with Crippen LogP contribution < -0.4 is 5.32 Å². The second kappa shape index (κ2) is 5.20. The third-order valence-corrected chi connectivity index (χ3v) is 3.64. The highest BCUT2D eigenvalue weighted by Crippen LogP contribution is 2.30. The monoisotopic (exact) mass is 286 g/mol. The molecule has 1 aliphatic rings. The van der Waals surface area contributed by atoms with Gasteiger partial charge in [0.15, 0.2) is 0 Å². The van der Waals surface area contributed by atoms with Crippen LogP contribution in [0.3, 0.4) is 0 Å². The number of anilines is 1. The van der Waals surface area contributed by atoms with Crippen LogP contribution >= 0.6 is 0 Å². The second-order valence-electron chi connectivity index (χ2n) is 5.73. The van der Waals surface area contributed by atoms with E-state index in [1.165, 1.54) is 17.7 Å². The molecule has 0 unspecified atom stereocenters. The number of nitro groups is 1. The van der Waals surface area contributed by atoms with Gasteiger partial charge in [-0.15, -0.1) is 0 Å². The summed E-state index contributed by atoms with van der Waals surface area (Å²) in [7, 11) is 0. The quantitative estimate of drug-likeness (QED) is 0.692. The molecule has 1 N–H and O–H groups in total. The molecule has 1 aromatic heterocycles. The molecule has 0 fully saturated rings. The van der Waals surface area contributed by atoms with E-state index >= 15 is 0 Å². The number of rotatable bonds is 4. The number of non-ortho nitro benzene ring substituents is 1. The van der Waals surface area contributed by atoms with Gasteiger partial charge < -0.3 is 5.32 Å². The van der Waals surface area contributed by atoms with Crippen molar-refractivity contribution in [1.82, 2.24) is 9.78 Å². The summed E-state index contributed by atoms with van der Waals surface area (Å²) in [5, 5.41) is 18.8. The highest BCUT2D eigenvalue weighted by molar-refractivity contribution is 5.57. The van der Waals surface area contributed by atoms with Crippen LogP contribution in [0.25, 0.3) is 5.69 Å². The average Bonchev–Trinajstić information content (AvgIpc) is 3.02. The van der Waals surface area contributed by atoms with Crippen LogP contribution in [-0.4, -0.2) is 21.2 Å². The zero-order chi connectivity index (χ0) is 15.0. The van der Waals surface area contributed by atoms with E-state index in [4.69, 9.17) is 5.10 Å². The van der Waals surface area contributed by atoms with E-state index in [1.54, 1.807) is 12.1 Å². The van der Waals surface area contributed by atoms with Gasteiger partial charge in [0.05, 0.1) is 16.3 Å². The molecule has 1 aliphatic heterocycles. The summed E-state index contributed by atoms with van der Waals surface area (Å²) in [6.07, 6.45) is 1.94. The molecule has 0 spiro atoms. The normalized spacial score (nSPS) is 13.3. The maximum atomic E-state index is 10.7. The molecule has 2 aromatic rings. The zero-order valence-electron chi connectivity index (χ0n) is 12.2. The minimum atomic E-state index is -0.389. The highest BCUT2D eigenvalue weighted by Gasteiger charge is 2.23. The van der Waals surface area contributed by atoms with Gasteiger partial charge in [0.25, 0.3) is 5.69 Å². The van der Waals surface area contributed by atoms with Crippen molar-refractivity contribution in [2.45, 2.75) is 26.7 Å². The molecule has 110 valence electrons. The molecule has 21 heavy (non-hydrogen) atoms. The van der Waals surface area contributed by atoms with Gasteiger partial charge in [0.1, 0.15) is 5.82 Å². The summed E-state index contributed by atoms with van der Waals surface area (Å²) < 4.78 is 1.86. The number of hydrogen-bond donors (Lipinski definition) is 1. The Balaban J connectivity index is 2.00. The number of benzene rings is 1. The van der Waals surface area contributed by atoms with Crippen molar-refractivity contribution in [1.29, 1.82) is 0 Å². The van der Waals surface area contributed by atoms with E-state index < -0.39 is 0 Å². The Kier molecular flexibility index (Phi) is 3.37. The molecule has 0 saturated heterocycles. The molecule has 0 bridgehead atoms. The Labute approximate surface area is 122 Å². The zero-order valence-corrected chi connectivity index (χ0v) is 12.2. The molecule has 0 atom stereocenters. The lowest BCUT2D eigenvalue weighted by atomic mass is 10.0. The second-order valence-corrected chi connectivity index (χ2v) is 5.73. The van der Waals surface area contributed by atoms with Gasteiger partial charge in [-0.3, -0.25) is 10.1 Å². The Morgan fingerprint density at radius 2 is 2.10 bits per heavy atom. The summed E-state index contributed by atoms with van der Waals surface area (Å²) in [6, 6.07) is 6.51. The van der Waals surface area contributed by atoms with Crippen molar-refractivity contribution in [2.24, 2.45) is 5.92 Å². The number of aromatic nitrogens is 2. The number of nitrogens with one attached hydrogen (secondary N) is 1. The SMILES string of the molecule is CC(C)Cc1nn(-c2ccc([N+](=O)[O-])cc2)c2c1CCN2. The molecule has 6 heteroatoms. The topological polar surface area (TPSA) is 73.0 Å². The van der Waals surface area contributed by atoms with E-state index in [2.05, 4.69) is 19.2 Å². The standard InChI is InChI=1S/C15H18N4O2/c1-10(2)9-14-13-7-8-16-15(13)18(17-14)11-3-5-12(6-4-11)19(20)21/h3-6,10,16H,7-9H2,1-2H3. The lowest BCUT2D eigenvalue weighted by Gasteiger charge is -2.06. The van der Waals surface area contributed by atoms with Crippen molar-refractivity contribution in [2.75, 3.05) is 11.9 Å². The molecule has 6 nitrogen and oxygen atoms in total. The van der Waals surface area contributed by atoms with Crippen LogP contribution in [0.1, 0.15) is 25.1 Å². The minimum Gasteiger partial charge on any atom is -0.369 e. The van der Waals surface area contributed by atoms with Crippen LogP contribution in [0.5, 0.6) is 0 Å². The van der Waals surface area contributed by atoms with E-state index in [0.29, 0.717) is 5.92 Å². The number of hydrogen-bond acceptors (Lipinski definition) is 4. The fourth-order valence-corrected chi connectivity index (χ4v) is 2.70. The smallest absolute Gasteiger partial charge is 0.269 e. The Hall–Kier alpha value is -2.37. The first kappa shape index (κ1) is 13.6. The van der Waals surface area contributed by atoms with Crippen LogP contribution in [0.2, 0.25) is 0 Å². The van der Waals surface area contributed by atoms with Crippen LogP contribution in [0.4, 0.5) is 11.5 Å². The molecule has 0 amide bonds. The summed E-state index contributed by atoms with van der Waals surface area (Å²) >= 11 is 0. The van der Waals surface area contributed by atoms with E-state index in [9.17, 15) is 10.1 Å². The highest BCUT2D eigenvalue weighted by atomic mass is 16.6. The van der Waals surface area contributed by atoms with Gasteiger partial charge in [-0.1, -0.05) is 13.8 Å². The van der Waals surface area contributed by atoms with Crippen LogP contribution in [-0.2, 0) is 12.8 Å². The molecule has 1 aromatic carbocycles. The predicted molar refractivity (Wildman–Crippen MR) is 81.0 cm³/mol. The van der Waals surface area contributed by atoms with E-state index in [-0.39, 0.29) is 10.6 Å². The number of fused-ring (bicyclic) bond motifs is 1. The Morgan fingerprint density at radius 3 is 2.71 bits per heavy atom. The lowest BCUT2D eigenvalue weighted by molar-refractivity contribution is -0.384. The first-order valence-electron chi connectivity index (χ1n) is 7.15. The van der Waals surface area contributed by atoms with Crippen LogP contribution in [0.15, 0.2) is 24.3 Å². The van der Waals surface area contributed by atoms with Crippen molar-refractivity contribution in [3.8, 4) is 5.69 Å². The van der Waals surface area contributed by atoms with E-state index in [1.807, 2.05) is 4.68 Å². The Bertz CT molecular complexity index is 674. The summed E-state index contributed by atoms with van der Waals surface area (Å²) in [5.41, 5.74) is 3.35. The van der Waals surface area contributed by atoms with Gasteiger partial charge in [-0.05, 0) is 30.9 Å².